The molecule has 2 aromatic heterocycles. The van der Waals surface area contributed by atoms with Gasteiger partial charge in [-0.05, 0) is 62.6 Å². The summed E-state index contributed by atoms with van der Waals surface area (Å²) in [6, 6.07) is 14.8. The molecule has 0 aliphatic heterocycles. The molecular formula is C24H24FN3O2. The zero-order valence-corrected chi connectivity index (χ0v) is 17.1. The van der Waals surface area contributed by atoms with Gasteiger partial charge in [-0.2, -0.15) is 4.98 Å². The first kappa shape index (κ1) is 19.9. The van der Waals surface area contributed by atoms with Gasteiger partial charge in [0.05, 0.1) is 6.61 Å². The zero-order valence-electron chi connectivity index (χ0n) is 17.1. The highest BCUT2D eigenvalue weighted by atomic mass is 19.1. The van der Waals surface area contributed by atoms with Crippen LogP contribution >= 0.6 is 0 Å². The summed E-state index contributed by atoms with van der Waals surface area (Å²) in [6.45, 7) is 4.57. The fourth-order valence-corrected chi connectivity index (χ4v) is 3.31. The molecule has 0 aliphatic rings. The van der Waals surface area contributed by atoms with E-state index in [9.17, 15) is 4.39 Å². The van der Waals surface area contributed by atoms with Crippen LogP contribution in [0.15, 0.2) is 65.3 Å². The zero-order chi connectivity index (χ0) is 20.9. The molecule has 0 unspecified atom stereocenters. The predicted molar refractivity (Wildman–Crippen MR) is 113 cm³/mol. The van der Waals surface area contributed by atoms with Crippen LogP contribution in [-0.2, 0) is 6.42 Å². The molecule has 2 heterocycles. The minimum Gasteiger partial charge on any atom is -0.493 e. The molecular weight excluding hydrogens is 381 g/mol. The highest BCUT2D eigenvalue weighted by Gasteiger charge is 2.17. The largest absolute Gasteiger partial charge is 0.493 e. The number of halogens is 1. The van der Waals surface area contributed by atoms with Gasteiger partial charge in [0.1, 0.15) is 28.8 Å². The van der Waals surface area contributed by atoms with Gasteiger partial charge in [-0.3, -0.25) is 4.57 Å². The second-order valence-electron chi connectivity index (χ2n) is 7.19. The lowest BCUT2D eigenvalue weighted by Crippen LogP contribution is -1.99. The second-order valence-corrected chi connectivity index (χ2v) is 7.19. The normalized spacial score (nSPS) is 11.0. The maximum Gasteiger partial charge on any atom is 0.307 e. The molecule has 0 saturated heterocycles. The van der Waals surface area contributed by atoms with Gasteiger partial charge in [0.25, 0.3) is 0 Å². The van der Waals surface area contributed by atoms with Crippen molar-refractivity contribution in [3.8, 4) is 23.0 Å². The third-order valence-electron chi connectivity index (χ3n) is 4.98. The lowest BCUT2D eigenvalue weighted by molar-refractivity contribution is 0.303. The number of aromatic nitrogens is 3. The van der Waals surface area contributed by atoms with Crippen molar-refractivity contribution in [3.05, 3.63) is 83.9 Å². The van der Waals surface area contributed by atoms with Crippen LogP contribution in [0.5, 0.6) is 5.75 Å². The van der Waals surface area contributed by atoms with Crippen LogP contribution in [-0.4, -0.2) is 21.1 Å². The summed E-state index contributed by atoms with van der Waals surface area (Å²) in [4.78, 5) is 8.91. The smallest absolute Gasteiger partial charge is 0.307 e. The summed E-state index contributed by atoms with van der Waals surface area (Å²) in [5.41, 5.74) is 2.69. The summed E-state index contributed by atoms with van der Waals surface area (Å²) in [6.07, 6.45) is 6.01. The Balaban J connectivity index is 1.47. The van der Waals surface area contributed by atoms with Gasteiger partial charge in [-0.15, -0.1) is 0 Å². The molecule has 2 aromatic carbocycles. The highest BCUT2D eigenvalue weighted by Crippen LogP contribution is 2.28. The standard InChI is InChI=1S/C24H24FN3O2/c1-17-7-3-4-8-21(17)29-16-6-5-9-22-23(19-10-12-20(25)13-11-19)27-24(30-22)28-15-14-26-18(28)2/h3-4,7-8,10-15H,5-6,9,16H2,1-2H3. The molecule has 6 heteroatoms. The first-order valence-electron chi connectivity index (χ1n) is 10.1. The Hall–Kier alpha value is -3.41. The van der Waals surface area contributed by atoms with Gasteiger partial charge in [0.2, 0.25) is 0 Å². The molecule has 4 aromatic rings. The van der Waals surface area contributed by atoms with Crippen LogP contribution in [0.4, 0.5) is 4.39 Å². The number of aryl methyl sites for hydroxylation is 3. The first-order valence-corrected chi connectivity index (χ1v) is 10.1. The molecule has 0 N–H and O–H groups in total. The minimum absolute atomic E-state index is 0.275. The average Bonchev–Trinajstić information content (AvgIpc) is 3.36. The van der Waals surface area contributed by atoms with Gasteiger partial charge in [-0.25, -0.2) is 9.37 Å². The number of imidazole rings is 1. The quantitative estimate of drug-likeness (QED) is 0.354. The van der Waals surface area contributed by atoms with E-state index >= 15 is 0 Å². The average molecular weight is 405 g/mol. The topological polar surface area (TPSA) is 53.1 Å². The van der Waals surface area contributed by atoms with Crippen molar-refractivity contribution >= 4 is 0 Å². The summed E-state index contributed by atoms with van der Waals surface area (Å²) in [7, 11) is 0. The van der Waals surface area contributed by atoms with Crippen LogP contribution in [0, 0.1) is 19.7 Å². The van der Waals surface area contributed by atoms with E-state index < -0.39 is 0 Å². The van der Waals surface area contributed by atoms with Gasteiger partial charge < -0.3 is 9.15 Å². The van der Waals surface area contributed by atoms with Crippen molar-refractivity contribution in [1.29, 1.82) is 0 Å². The Morgan fingerprint density at radius 3 is 2.57 bits per heavy atom. The number of hydrogen-bond donors (Lipinski definition) is 0. The van der Waals surface area contributed by atoms with E-state index in [2.05, 4.69) is 9.97 Å². The molecule has 0 saturated carbocycles. The number of para-hydroxylation sites is 1. The molecule has 0 aliphatic carbocycles. The van der Waals surface area contributed by atoms with Crippen molar-refractivity contribution < 1.29 is 13.5 Å². The Bertz CT molecular complexity index is 1120. The number of rotatable bonds is 8. The third-order valence-corrected chi connectivity index (χ3v) is 4.98. The number of benzene rings is 2. The summed E-state index contributed by atoms with van der Waals surface area (Å²) >= 11 is 0. The van der Waals surface area contributed by atoms with Gasteiger partial charge in [0.15, 0.2) is 0 Å². The number of nitrogens with zero attached hydrogens (tertiary/aromatic N) is 3. The van der Waals surface area contributed by atoms with Crippen molar-refractivity contribution in [1.82, 2.24) is 14.5 Å². The maximum absolute atomic E-state index is 13.4. The molecule has 154 valence electrons. The Morgan fingerprint density at radius 2 is 1.83 bits per heavy atom. The van der Waals surface area contributed by atoms with Crippen LogP contribution in [0.3, 0.4) is 0 Å². The van der Waals surface area contributed by atoms with Crippen molar-refractivity contribution in [3.63, 3.8) is 0 Å². The fourth-order valence-electron chi connectivity index (χ4n) is 3.31. The molecule has 0 spiro atoms. The van der Waals surface area contributed by atoms with E-state index in [1.165, 1.54) is 12.1 Å². The van der Waals surface area contributed by atoms with E-state index in [-0.39, 0.29) is 5.82 Å². The predicted octanol–water partition coefficient (Wildman–Crippen LogP) is 5.68. The number of unbranched alkanes of at least 4 members (excludes halogenated alkanes) is 1. The van der Waals surface area contributed by atoms with Crippen molar-refractivity contribution in [2.75, 3.05) is 6.61 Å². The second kappa shape index (κ2) is 8.95. The molecule has 0 amide bonds. The van der Waals surface area contributed by atoms with Crippen molar-refractivity contribution in [2.45, 2.75) is 33.1 Å². The number of hydrogen-bond acceptors (Lipinski definition) is 4. The fraction of sp³-hybridized carbons (Fsp3) is 0.250. The molecule has 30 heavy (non-hydrogen) atoms. The van der Waals surface area contributed by atoms with Crippen LogP contribution in [0.25, 0.3) is 17.3 Å². The van der Waals surface area contributed by atoms with Gasteiger partial charge in [-0.1, -0.05) is 18.2 Å². The van der Waals surface area contributed by atoms with E-state index in [1.807, 2.05) is 44.3 Å². The first-order chi connectivity index (χ1) is 14.6. The Kier molecular flexibility index (Phi) is 5.93. The third kappa shape index (κ3) is 4.43. The summed E-state index contributed by atoms with van der Waals surface area (Å²) < 4.78 is 27.1. The van der Waals surface area contributed by atoms with Gasteiger partial charge >= 0.3 is 6.01 Å². The van der Waals surface area contributed by atoms with E-state index in [4.69, 9.17) is 9.15 Å². The summed E-state index contributed by atoms with van der Waals surface area (Å²) in [5.74, 6) is 2.21. The van der Waals surface area contributed by atoms with E-state index in [1.54, 1.807) is 22.9 Å². The number of oxazole rings is 1. The summed E-state index contributed by atoms with van der Waals surface area (Å²) in [5, 5.41) is 0. The SMILES string of the molecule is Cc1ccccc1OCCCCc1oc(-n2ccnc2C)nc1-c1ccc(F)cc1. The Labute approximate surface area is 175 Å². The Morgan fingerprint density at radius 1 is 1.03 bits per heavy atom. The van der Waals surface area contributed by atoms with Crippen LogP contribution in [0.2, 0.25) is 0 Å². The molecule has 4 rings (SSSR count). The van der Waals surface area contributed by atoms with Gasteiger partial charge in [0, 0.05) is 24.4 Å². The van der Waals surface area contributed by atoms with E-state index in [0.717, 1.165) is 47.0 Å². The molecule has 0 radical (unpaired) electrons. The lowest BCUT2D eigenvalue weighted by Gasteiger charge is -2.08. The van der Waals surface area contributed by atoms with Crippen molar-refractivity contribution in [2.24, 2.45) is 0 Å². The number of ether oxygens (including phenoxy) is 1. The van der Waals surface area contributed by atoms with Crippen LogP contribution in [0.1, 0.15) is 30.0 Å². The molecule has 0 atom stereocenters. The lowest BCUT2D eigenvalue weighted by atomic mass is 10.1. The molecule has 0 bridgehead atoms. The van der Waals surface area contributed by atoms with E-state index in [0.29, 0.717) is 19.0 Å². The maximum atomic E-state index is 13.4. The van der Waals surface area contributed by atoms with Crippen LogP contribution < -0.4 is 4.74 Å². The molecule has 5 nitrogen and oxygen atoms in total. The highest BCUT2D eigenvalue weighted by molar-refractivity contribution is 5.62. The monoisotopic (exact) mass is 405 g/mol. The molecule has 0 fully saturated rings. The minimum atomic E-state index is -0.275.